The zero-order valence-electron chi connectivity index (χ0n) is 33.9. The molecular formula is C42H54F3N3O9S. The molecule has 2 saturated carbocycles. The van der Waals surface area contributed by atoms with Crippen LogP contribution in [0.25, 0.3) is 10.8 Å². The summed E-state index contributed by atoms with van der Waals surface area (Å²) in [5, 5.41) is 0.227. The van der Waals surface area contributed by atoms with E-state index in [1.807, 2.05) is 19.1 Å². The lowest BCUT2D eigenvalue weighted by atomic mass is 9.82. The van der Waals surface area contributed by atoms with Crippen LogP contribution in [0.5, 0.6) is 11.6 Å². The van der Waals surface area contributed by atoms with Crippen molar-refractivity contribution in [2.45, 2.75) is 128 Å². The number of ether oxygens (including phenoxy) is 3. The fourth-order valence-electron chi connectivity index (χ4n) is 8.25. The third-order valence-corrected chi connectivity index (χ3v) is 14.2. The van der Waals surface area contributed by atoms with Gasteiger partial charge in [-0.2, -0.15) is 0 Å². The fraction of sp³-hybridized carbons (Fsp3) is 0.643. The summed E-state index contributed by atoms with van der Waals surface area (Å²) < 4.78 is 89.0. The molecule has 1 aromatic carbocycles. The SMILES string of the molecule is CCOc1cc2ccnc(O[C@@H]3C[C@H]4C(=O)C[C@]5(C(=O)NS(=O)(=O)C6CC6)C[C@H]5/C=C\CC[C@@H](C)C[C@@H](C)[C@H](CC(=O)OC(C)(C)C(C)(F)F)C(=O)N4C3)c2cc1F. The van der Waals surface area contributed by atoms with Gasteiger partial charge in [-0.15, -0.1) is 0 Å². The first-order valence-electron chi connectivity index (χ1n) is 20.2. The zero-order valence-corrected chi connectivity index (χ0v) is 34.7. The maximum absolute atomic E-state index is 15.1. The standard InChI is InChI=1S/C42H54F3N3O9S/c1-7-55-35-17-26-14-15-46-37(31(26)19-32(35)43)56-28-18-33-34(49)22-42(39(52)47-58(53,54)29-12-13-29)21-27(42)11-9-8-10-24(2)16-25(3)30(38(51)48(33)23-28)20-36(50)57-40(4,5)41(6,44)45/h9,11,14-15,17,19,24-25,27-30,33H,7-8,10,12-13,16,18,20-23H2,1-6H3,(H,47,52)/b11-9-/t24-,25-,27-,28-,30+,33+,42-/m1/s1. The van der Waals surface area contributed by atoms with Crippen molar-refractivity contribution in [2.75, 3.05) is 13.2 Å². The molecular weight excluding hydrogens is 780 g/mol. The number of carbonyl (C=O) groups excluding carboxylic acids is 4. The van der Waals surface area contributed by atoms with Gasteiger partial charge in [-0.05, 0) is 101 Å². The number of sulfonamides is 1. The summed E-state index contributed by atoms with van der Waals surface area (Å²) in [6, 6.07) is 3.24. The van der Waals surface area contributed by atoms with Crippen molar-refractivity contribution in [3.63, 3.8) is 0 Å². The molecule has 318 valence electrons. The first kappa shape index (κ1) is 43.4. The summed E-state index contributed by atoms with van der Waals surface area (Å²) in [7, 11) is -3.93. The molecule has 2 aliphatic heterocycles. The molecule has 3 heterocycles. The fourth-order valence-corrected chi connectivity index (χ4v) is 9.63. The van der Waals surface area contributed by atoms with E-state index < -0.39 is 97.9 Å². The first-order valence-corrected chi connectivity index (χ1v) is 21.7. The Hall–Kier alpha value is -4.21. The second-order valence-electron chi connectivity index (χ2n) is 17.3. The Bertz CT molecular complexity index is 2070. The average molecular weight is 834 g/mol. The second-order valence-corrected chi connectivity index (χ2v) is 19.3. The van der Waals surface area contributed by atoms with Crippen molar-refractivity contribution in [1.29, 1.82) is 0 Å². The Kier molecular flexibility index (Phi) is 12.3. The number of halogens is 3. The number of nitrogens with zero attached hydrogens (tertiary/aromatic N) is 2. The van der Waals surface area contributed by atoms with Crippen LogP contribution in [0.3, 0.4) is 0 Å². The Morgan fingerprint density at radius 3 is 2.48 bits per heavy atom. The summed E-state index contributed by atoms with van der Waals surface area (Å²) in [5.74, 6) is -8.68. The molecule has 1 N–H and O–H groups in total. The van der Waals surface area contributed by atoms with Gasteiger partial charge in [0.05, 0.1) is 42.2 Å². The van der Waals surface area contributed by atoms with Gasteiger partial charge in [0, 0.05) is 31.3 Å². The topological polar surface area (TPSA) is 158 Å². The predicted molar refractivity (Wildman–Crippen MR) is 208 cm³/mol. The number of carbonyl (C=O) groups is 4. The number of rotatable bonds is 11. The van der Waals surface area contributed by atoms with E-state index in [0.717, 1.165) is 13.8 Å². The van der Waals surface area contributed by atoms with Crippen molar-refractivity contribution < 1.29 is 55.0 Å². The number of esters is 1. The lowest BCUT2D eigenvalue weighted by molar-refractivity contribution is -0.197. The normalized spacial score (nSPS) is 29.1. The van der Waals surface area contributed by atoms with Gasteiger partial charge in [-0.25, -0.2) is 26.6 Å². The van der Waals surface area contributed by atoms with Gasteiger partial charge >= 0.3 is 5.97 Å². The molecule has 0 unspecified atom stereocenters. The van der Waals surface area contributed by atoms with E-state index >= 15 is 4.39 Å². The molecule has 12 nitrogen and oxygen atoms in total. The van der Waals surface area contributed by atoms with Crippen LogP contribution in [-0.2, 0) is 33.9 Å². The number of Topliss-reactive ketones (excluding diaryl/α,β-unsaturated/α-hetero) is 1. The molecule has 2 aromatic rings. The predicted octanol–water partition coefficient (Wildman–Crippen LogP) is 6.69. The second kappa shape index (κ2) is 16.4. The number of hydrogen-bond acceptors (Lipinski definition) is 10. The van der Waals surface area contributed by atoms with Crippen molar-refractivity contribution >= 4 is 44.4 Å². The summed E-state index contributed by atoms with van der Waals surface area (Å²) >= 11 is 0. The van der Waals surface area contributed by atoms with E-state index in [-0.39, 0.29) is 50.0 Å². The van der Waals surface area contributed by atoms with Crippen LogP contribution in [0, 0.1) is 34.9 Å². The largest absolute Gasteiger partial charge is 0.491 e. The molecule has 58 heavy (non-hydrogen) atoms. The number of nitrogens with one attached hydrogen (secondary N) is 1. The van der Waals surface area contributed by atoms with Crippen LogP contribution >= 0.6 is 0 Å². The number of pyridine rings is 1. The molecule has 6 rings (SSSR count). The van der Waals surface area contributed by atoms with Crippen LogP contribution in [0.4, 0.5) is 13.2 Å². The Balaban J connectivity index is 1.35. The maximum Gasteiger partial charge on any atom is 0.307 e. The van der Waals surface area contributed by atoms with Crippen LogP contribution in [0.15, 0.2) is 36.5 Å². The van der Waals surface area contributed by atoms with E-state index in [9.17, 15) is 36.4 Å². The van der Waals surface area contributed by atoms with Gasteiger partial charge in [0.25, 0.3) is 5.92 Å². The number of allylic oxidation sites excluding steroid dienone is 2. The molecule has 0 radical (unpaired) electrons. The molecule has 1 aromatic heterocycles. The highest BCUT2D eigenvalue weighted by Crippen LogP contribution is 2.57. The number of alkyl halides is 2. The summed E-state index contributed by atoms with van der Waals surface area (Å²) in [5.41, 5.74) is -3.53. The highest BCUT2D eigenvalue weighted by atomic mass is 32.2. The molecule has 4 aliphatic rings. The molecule has 16 heteroatoms. The number of fused-ring (bicyclic) bond motifs is 3. The van der Waals surface area contributed by atoms with Gasteiger partial charge in [0.2, 0.25) is 27.7 Å². The number of aromatic nitrogens is 1. The van der Waals surface area contributed by atoms with Gasteiger partial charge in [0.15, 0.2) is 23.0 Å². The zero-order chi connectivity index (χ0) is 42.4. The summed E-state index contributed by atoms with van der Waals surface area (Å²) in [4.78, 5) is 62.4. The van der Waals surface area contributed by atoms with Crippen LogP contribution < -0.4 is 14.2 Å². The minimum absolute atomic E-state index is 0.0466. The molecule has 7 atom stereocenters. The van der Waals surface area contributed by atoms with E-state index in [1.165, 1.54) is 23.2 Å². The molecule has 2 amide bonds. The first-order chi connectivity index (χ1) is 27.2. The monoisotopic (exact) mass is 833 g/mol. The Morgan fingerprint density at radius 1 is 1.09 bits per heavy atom. The average Bonchev–Trinajstić information content (AvgIpc) is 4.05. The third kappa shape index (κ3) is 9.31. The third-order valence-electron chi connectivity index (χ3n) is 12.3. The summed E-state index contributed by atoms with van der Waals surface area (Å²) in [6.45, 7) is 8.46. The smallest absolute Gasteiger partial charge is 0.307 e. The van der Waals surface area contributed by atoms with E-state index in [0.29, 0.717) is 49.8 Å². The molecule has 0 bridgehead atoms. The molecule has 3 fully saturated rings. The highest BCUT2D eigenvalue weighted by molar-refractivity contribution is 7.90. The Morgan fingerprint density at radius 2 is 1.81 bits per heavy atom. The van der Waals surface area contributed by atoms with Gasteiger partial charge in [0.1, 0.15) is 6.10 Å². The number of benzene rings is 1. The van der Waals surface area contributed by atoms with Gasteiger partial charge < -0.3 is 19.1 Å². The minimum atomic E-state index is -3.93. The molecule has 1 saturated heterocycles. The van der Waals surface area contributed by atoms with Crippen molar-refractivity contribution in [1.82, 2.24) is 14.6 Å². The number of amides is 2. The van der Waals surface area contributed by atoms with Crippen molar-refractivity contribution in [3.8, 4) is 11.6 Å². The lowest BCUT2D eigenvalue weighted by Crippen LogP contribution is -2.48. The number of ketones is 1. The van der Waals surface area contributed by atoms with Crippen LogP contribution in [0.1, 0.15) is 99.3 Å². The van der Waals surface area contributed by atoms with Gasteiger partial charge in [-0.1, -0.05) is 26.0 Å². The lowest BCUT2D eigenvalue weighted by Gasteiger charge is -2.34. The summed E-state index contributed by atoms with van der Waals surface area (Å²) in [6.07, 6.45) is 6.34. The molecule has 0 spiro atoms. The molecule has 2 aliphatic carbocycles. The van der Waals surface area contributed by atoms with Gasteiger partial charge in [-0.3, -0.25) is 23.9 Å². The quantitative estimate of drug-likeness (QED) is 0.191. The van der Waals surface area contributed by atoms with Crippen molar-refractivity contribution in [2.24, 2.45) is 29.1 Å². The van der Waals surface area contributed by atoms with E-state index in [2.05, 4.69) is 9.71 Å². The van der Waals surface area contributed by atoms with Crippen molar-refractivity contribution in [3.05, 3.63) is 42.4 Å². The minimum Gasteiger partial charge on any atom is -0.491 e. The van der Waals surface area contributed by atoms with E-state index in [4.69, 9.17) is 14.2 Å². The number of hydrogen-bond donors (Lipinski definition) is 1. The highest BCUT2D eigenvalue weighted by Gasteiger charge is 2.62. The van der Waals surface area contributed by atoms with E-state index in [1.54, 1.807) is 19.9 Å². The van der Waals surface area contributed by atoms with Crippen LogP contribution in [-0.4, -0.2) is 83.9 Å². The Labute approximate surface area is 337 Å². The maximum atomic E-state index is 15.1. The van der Waals surface area contributed by atoms with Crippen LogP contribution in [0.2, 0.25) is 0 Å².